The topological polar surface area (TPSA) is 78.2 Å². The van der Waals surface area contributed by atoms with Gasteiger partial charge >= 0.3 is 0 Å². The molecule has 1 aromatic heterocycles. The molecule has 1 N–H and O–H groups in total. The van der Waals surface area contributed by atoms with E-state index in [1.54, 1.807) is 24.7 Å². The number of hydrogen-bond acceptors (Lipinski definition) is 7. The molecule has 0 aliphatic carbocycles. The summed E-state index contributed by atoms with van der Waals surface area (Å²) in [6.45, 7) is 2.97. The first-order valence-electron chi connectivity index (χ1n) is 14.1. The van der Waals surface area contributed by atoms with Crippen LogP contribution in [-0.2, 0) is 28.4 Å². The molecule has 43 heavy (non-hydrogen) atoms. The van der Waals surface area contributed by atoms with Crippen molar-refractivity contribution in [3.63, 3.8) is 0 Å². The number of likely N-dealkylation sites (N-methyl/N-ethyl adjacent to an activating group) is 1. The lowest BCUT2D eigenvalue weighted by Crippen LogP contribution is -2.34. The van der Waals surface area contributed by atoms with E-state index >= 15 is 0 Å². The SMILES string of the molecule is CN(C/C=C/c1ccc(OCCO)cc1)Cc1ccc(OC[C@@H]2CO[C@@](Cn3ccnc3)(c3ccc(Cl)cc3Cl)O2)cc1. The van der Waals surface area contributed by atoms with Gasteiger partial charge in [-0.3, -0.25) is 4.90 Å². The molecule has 3 aromatic carbocycles. The molecule has 2 atom stereocenters. The number of benzene rings is 3. The fourth-order valence-corrected chi connectivity index (χ4v) is 5.39. The van der Waals surface area contributed by atoms with Gasteiger partial charge in [0.15, 0.2) is 0 Å². The van der Waals surface area contributed by atoms with E-state index in [1.807, 2.05) is 53.2 Å². The van der Waals surface area contributed by atoms with Crippen LogP contribution in [0.1, 0.15) is 16.7 Å². The molecule has 0 unspecified atom stereocenters. The maximum Gasteiger partial charge on any atom is 0.215 e. The zero-order valence-corrected chi connectivity index (χ0v) is 25.5. The van der Waals surface area contributed by atoms with Crippen molar-refractivity contribution >= 4 is 29.3 Å². The van der Waals surface area contributed by atoms with Gasteiger partial charge in [0.25, 0.3) is 0 Å². The predicted octanol–water partition coefficient (Wildman–Crippen LogP) is 6.05. The van der Waals surface area contributed by atoms with E-state index in [1.165, 1.54) is 5.56 Å². The van der Waals surface area contributed by atoms with Gasteiger partial charge < -0.3 is 28.6 Å². The second-order valence-electron chi connectivity index (χ2n) is 10.4. The van der Waals surface area contributed by atoms with Crippen molar-refractivity contribution < 1.29 is 24.1 Å². The van der Waals surface area contributed by atoms with Crippen LogP contribution in [0.15, 0.2) is 91.5 Å². The molecule has 0 saturated carbocycles. The molecule has 0 radical (unpaired) electrons. The number of hydrogen-bond donors (Lipinski definition) is 1. The van der Waals surface area contributed by atoms with Gasteiger partial charge in [-0.15, -0.1) is 0 Å². The van der Waals surface area contributed by atoms with Gasteiger partial charge in [0.1, 0.15) is 30.8 Å². The van der Waals surface area contributed by atoms with Gasteiger partial charge in [0, 0.05) is 36.1 Å². The summed E-state index contributed by atoms with van der Waals surface area (Å²) in [5.74, 6) is 0.427. The van der Waals surface area contributed by atoms with Gasteiger partial charge in [-0.05, 0) is 54.6 Å². The lowest BCUT2D eigenvalue weighted by molar-refractivity contribution is -0.189. The van der Waals surface area contributed by atoms with Crippen LogP contribution in [0, 0.1) is 0 Å². The highest BCUT2D eigenvalue weighted by atomic mass is 35.5. The Morgan fingerprint density at radius 1 is 1.07 bits per heavy atom. The van der Waals surface area contributed by atoms with E-state index in [-0.39, 0.29) is 12.7 Å². The van der Waals surface area contributed by atoms with Crippen LogP contribution in [0.25, 0.3) is 6.08 Å². The monoisotopic (exact) mass is 623 g/mol. The lowest BCUT2D eigenvalue weighted by Gasteiger charge is -2.30. The summed E-state index contributed by atoms with van der Waals surface area (Å²) in [5, 5.41) is 9.89. The quantitative estimate of drug-likeness (QED) is 0.183. The molecule has 5 rings (SSSR count). The summed E-state index contributed by atoms with van der Waals surface area (Å²) in [4.78, 5) is 6.37. The van der Waals surface area contributed by atoms with Crippen molar-refractivity contribution in [2.24, 2.45) is 0 Å². The first-order valence-corrected chi connectivity index (χ1v) is 14.8. The van der Waals surface area contributed by atoms with Crippen LogP contribution in [0.2, 0.25) is 10.0 Å². The minimum absolute atomic E-state index is 0.00510. The Hall–Kier alpha value is -3.37. The van der Waals surface area contributed by atoms with E-state index in [4.69, 9.17) is 47.3 Å². The zero-order chi connectivity index (χ0) is 30.1. The number of halogens is 2. The van der Waals surface area contributed by atoms with E-state index in [0.29, 0.717) is 42.0 Å². The first-order chi connectivity index (χ1) is 20.9. The minimum atomic E-state index is -1.09. The van der Waals surface area contributed by atoms with Gasteiger partial charge in [-0.2, -0.15) is 0 Å². The molecule has 1 aliphatic heterocycles. The smallest absolute Gasteiger partial charge is 0.215 e. The Morgan fingerprint density at radius 3 is 2.56 bits per heavy atom. The van der Waals surface area contributed by atoms with Gasteiger partial charge in [-0.1, -0.05) is 65.7 Å². The Kier molecular flexibility index (Phi) is 10.8. The van der Waals surface area contributed by atoms with Crippen LogP contribution < -0.4 is 9.47 Å². The number of rotatable bonds is 14. The fraction of sp³-hybridized carbons (Fsp3) is 0.303. The third-order valence-corrected chi connectivity index (χ3v) is 7.48. The molecule has 0 spiro atoms. The second kappa shape index (κ2) is 14.9. The maximum absolute atomic E-state index is 8.87. The summed E-state index contributed by atoms with van der Waals surface area (Å²) in [7, 11) is 2.08. The van der Waals surface area contributed by atoms with Crippen molar-refractivity contribution in [2.45, 2.75) is 25.0 Å². The number of imidazole rings is 1. The number of ether oxygens (including phenoxy) is 4. The minimum Gasteiger partial charge on any atom is -0.491 e. The summed E-state index contributed by atoms with van der Waals surface area (Å²) in [5.41, 5.74) is 2.99. The Morgan fingerprint density at radius 2 is 1.84 bits per heavy atom. The van der Waals surface area contributed by atoms with Crippen molar-refractivity contribution in [3.8, 4) is 11.5 Å². The molecule has 4 aromatic rings. The van der Waals surface area contributed by atoms with Crippen LogP contribution in [0.3, 0.4) is 0 Å². The Balaban J connectivity index is 1.11. The highest BCUT2D eigenvalue weighted by Gasteiger charge is 2.45. The van der Waals surface area contributed by atoms with E-state index in [9.17, 15) is 0 Å². The van der Waals surface area contributed by atoms with Crippen molar-refractivity contribution in [2.75, 3.05) is 40.0 Å². The molecule has 2 heterocycles. The lowest BCUT2D eigenvalue weighted by atomic mass is 10.1. The zero-order valence-electron chi connectivity index (χ0n) is 23.9. The average Bonchev–Trinajstić information content (AvgIpc) is 3.67. The van der Waals surface area contributed by atoms with Crippen LogP contribution in [0.4, 0.5) is 0 Å². The second-order valence-corrected chi connectivity index (χ2v) is 11.2. The molecule has 8 nitrogen and oxygen atoms in total. The Bertz CT molecular complexity index is 1470. The average molecular weight is 625 g/mol. The normalized spacial score (nSPS) is 18.5. The van der Waals surface area contributed by atoms with Crippen molar-refractivity contribution in [1.29, 1.82) is 0 Å². The van der Waals surface area contributed by atoms with Gasteiger partial charge in [-0.25, -0.2) is 4.98 Å². The predicted molar refractivity (Wildman–Crippen MR) is 168 cm³/mol. The van der Waals surface area contributed by atoms with E-state index in [2.05, 4.69) is 41.2 Å². The van der Waals surface area contributed by atoms with Gasteiger partial charge in [0.2, 0.25) is 5.79 Å². The number of aliphatic hydroxyl groups is 1. The van der Waals surface area contributed by atoms with Crippen molar-refractivity contribution in [3.05, 3.63) is 118 Å². The van der Waals surface area contributed by atoms with Crippen LogP contribution in [-0.4, -0.2) is 65.7 Å². The van der Waals surface area contributed by atoms with E-state index < -0.39 is 5.79 Å². The van der Waals surface area contributed by atoms with Crippen molar-refractivity contribution in [1.82, 2.24) is 14.5 Å². The highest BCUT2D eigenvalue weighted by molar-refractivity contribution is 6.35. The van der Waals surface area contributed by atoms with Crippen LogP contribution >= 0.6 is 23.2 Å². The fourth-order valence-electron chi connectivity index (χ4n) is 4.84. The standard InChI is InChI=1S/C33H35Cl2N3O5/c1-37(15-2-3-25-4-9-28(10-5-25)40-18-17-39)20-26-6-11-29(12-7-26)41-21-30-22-42-33(43-30,23-38-16-14-36-24-38)31-13-8-27(34)19-32(31)35/h2-14,16,19,24,30,39H,15,17-18,20-23H2,1H3/b3-2+/t30-,33-/m1/s1. The Labute approximate surface area is 262 Å². The van der Waals surface area contributed by atoms with E-state index in [0.717, 1.165) is 30.2 Å². The third-order valence-electron chi connectivity index (χ3n) is 6.93. The number of aromatic nitrogens is 2. The van der Waals surface area contributed by atoms with Gasteiger partial charge in [0.05, 0.1) is 31.1 Å². The molecule has 1 aliphatic rings. The molecule has 1 saturated heterocycles. The number of aliphatic hydroxyl groups excluding tert-OH is 1. The summed E-state index contributed by atoms with van der Waals surface area (Å²) >= 11 is 12.7. The molecule has 0 bridgehead atoms. The molecule has 1 fully saturated rings. The summed E-state index contributed by atoms with van der Waals surface area (Å²) in [6.07, 6.45) is 9.21. The molecular formula is C33H35Cl2N3O5. The summed E-state index contributed by atoms with van der Waals surface area (Å²) in [6, 6.07) is 21.2. The van der Waals surface area contributed by atoms with Crippen LogP contribution in [0.5, 0.6) is 11.5 Å². The largest absolute Gasteiger partial charge is 0.491 e. The highest BCUT2D eigenvalue weighted by Crippen LogP contribution is 2.40. The molecule has 10 heteroatoms. The molecular weight excluding hydrogens is 589 g/mol. The first kappa shape index (κ1) is 31.1. The maximum atomic E-state index is 8.87. The summed E-state index contributed by atoms with van der Waals surface area (Å²) < 4.78 is 26.1. The molecule has 226 valence electrons. The molecule has 0 amide bonds. The number of nitrogens with zero attached hydrogens (tertiary/aromatic N) is 3. The third kappa shape index (κ3) is 8.60.